The third kappa shape index (κ3) is 2.22. The predicted octanol–water partition coefficient (Wildman–Crippen LogP) is 0.646. The zero-order chi connectivity index (χ0) is 10.6. The number of hydrogen-bond donors (Lipinski definition) is 3. The molecule has 4 N–H and O–H groups in total. The minimum atomic E-state index is -0.396. The molecule has 1 atom stereocenters. The fraction of sp³-hybridized carbons (Fsp3) is 0.300. The molecular formula is C10H12N2O2. The monoisotopic (exact) mass is 192 g/mol. The van der Waals surface area contributed by atoms with E-state index in [-0.39, 0.29) is 12.4 Å². The minimum Gasteiger partial charge on any atom is -0.508 e. The van der Waals surface area contributed by atoms with Gasteiger partial charge in [0, 0.05) is 18.2 Å². The van der Waals surface area contributed by atoms with E-state index in [1.807, 2.05) is 6.07 Å². The number of phenols is 1. The van der Waals surface area contributed by atoms with Crippen molar-refractivity contribution in [3.8, 4) is 11.8 Å². The number of aromatic hydroxyl groups is 1. The first-order valence-corrected chi connectivity index (χ1v) is 4.28. The molecule has 0 unspecified atom stereocenters. The van der Waals surface area contributed by atoms with Crippen LogP contribution in [0.25, 0.3) is 0 Å². The number of aliphatic hydroxyl groups is 1. The fourth-order valence-corrected chi connectivity index (χ4v) is 1.22. The smallest absolute Gasteiger partial charge is 0.121 e. The van der Waals surface area contributed by atoms with Gasteiger partial charge in [0.05, 0.1) is 11.6 Å². The first-order chi connectivity index (χ1) is 6.69. The maximum atomic E-state index is 9.51. The SMILES string of the molecule is N#Cc1ccc([C@H](N)CCO)c(O)c1. The van der Waals surface area contributed by atoms with Gasteiger partial charge in [-0.05, 0) is 18.6 Å². The van der Waals surface area contributed by atoms with E-state index < -0.39 is 6.04 Å². The lowest BCUT2D eigenvalue weighted by atomic mass is 10.0. The second-order valence-corrected chi connectivity index (χ2v) is 3.00. The number of aliphatic hydroxyl groups excluding tert-OH is 1. The van der Waals surface area contributed by atoms with E-state index in [0.29, 0.717) is 17.5 Å². The number of nitrogens with two attached hydrogens (primary N) is 1. The molecule has 0 aromatic heterocycles. The Balaban J connectivity index is 2.95. The van der Waals surface area contributed by atoms with Crippen molar-refractivity contribution >= 4 is 0 Å². The quantitative estimate of drug-likeness (QED) is 0.655. The van der Waals surface area contributed by atoms with Gasteiger partial charge >= 0.3 is 0 Å². The number of rotatable bonds is 3. The average Bonchev–Trinajstić information content (AvgIpc) is 2.17. The third-order valence-corrected chi connectivity index (χ3v) is 2.00. The van der Waals surface area contributed by atoms with E-state index in [1.54, 1.807) is 12.1 Å². The zero-order valence-corrected chi connectivity index (χ0v) is 7.64. The molecule has 0 fully saturated rings. The Kier molecular flexibility index (Phi) is 3.46. The first kappa shape index (κ1) is 10.5. The molecule has 0 bridgehead atoms. The van der Waals surface area contributed by atoms with Crippen molar-refractivity contribution < 1.29 is 10.2 Å². The molecule has 0 saturated carbocycles. The Hall–Kier alpha value is -1.57. The fourth-order valence-electron chi connectivity index (χ4n) is 1.22. The van der Waals surface area contributed by atoms with Gasteiger partial charge in [0.2, 0.25) is 0 Å². The maximum absolute atomic E-state index is 9.51. The van der Waals surface area contributed by atoms with Crippen molar-refractivity contribution in [1.29, 1.82) is 5.26 Å². The van der Waals surface area contributed by atoms with Gasteiger partial charge in [-0.15, -0.1) is 0 Å². The van der Waals surface area contributed by atoms with Gasteiger partial charge in [0.1, 0.15) is 5.75 Å². The van der Waals surface area contributed by atoms with Crippen LogP contribution in [0.1, 0.15) is 23.6 Å². The Labute approximate surface area is 82.2 Å². The van der Waals surface area contributed by atoms with E-state index in [0.717, 1.165) is 0 Å². The van der Waals surface area contributed by atoms with Crippen LogP contribution in [-0.4, -0.2) is 16.8 Å². The minimum absolute atomic E-state index is 0.00463. The number of nitriles is 1. The second-order valence-electron chi connectivity index (χ2n) is 3.00. The lowest BCUT2D eigenvalue weighted by molar-refractivity contribution is 0.275. The van der Waals surface area contributed by atoms with E-state index >= 15 is 0 Å². The molecule has 0 heterocycles. The van der Waals surface area contributed by atoms with Crippen LogP contribution in [0.5, 0.6) is 5.75 Å². The van der Waals surface area contributed by atoms with Crippen LogP contribution >= 0.6 is 0 Å². The largest absolute Gasteiger partial charge is 0.508 e. The normalized spacial score (nSPS) is 12.1. The van der Waals surface area contributed by atoms with Crippen molar-refractivity contribution in [3.05, 3.63) is 29.3 Å². The Morgan fingerprint density at radius 1 is 1.50 bits per heavy atom. The molecule has 0 aliphatic carbocycles. The van der Waals surface area contributed by atoms with Gasteiger partial charge < -0.3 is 15.9 Å². The Morgan fingerprint density at radius 3 is 2.71 bits per heavy atom. The summed E-state index contributed by atoms with van der Waals surface area (Å²) in [6, 6.07) is 6.08. The van der Waals surface area contributed by atoms with Gasteiger partial charge in [-0.1, -0.05) is 6.07 Å². The van der Waals surface area contributed by atoms with Gasteiger partial charge in [0.25, 0.3) is 0 Å². The van der Waals surface area contributed by atoms with Crippen LogP contribution in [0, 0.1) is 11.3 Å². The highest BCUT2D eigenvalue weighted by atomic mass is 16.3. The van der Waals surface area contributed by atoms with Gasteiger partial charge in [-0.25, -0.2) is 0 Å². The summed E-state index contributed by atoms with van der Waals surface area (Å²) in [6.45, 7) is -0.0272. The van der Waals surface area contributed by atoms with Crippen LogP contribution in [-0.2, 0) is 0 Å². The van der Waals surface area contributed by atoms with E-state index in [1.165, 1.54) is 6.07 Å². The zero-order valence-electron chi connectivity index (χ0n) is 7.64. The van der Waals surface area contributed by atoms with Crippen molar-refractivity contribution in [2.24, 2.45) is 5.73 Å². The van der Waals surface area contributed by atoms with Crippen LogP contribution in [0.2, 0.25) is 0 Å². The van der Waals surface area contributed by atoms with Crippen LogP contribution in [0.15, 0.2) is 18.2 Å². The Morgan fingerprint density at radius 2 is 2.21 bits per heavy atom. The summed E-state index contributed by atoms with van der Waals surface area (Å²) in [5.74, 6) is 0.00463. The summed E-state index contributed by atoms with van der Waals surface area (Å²) in [5, 5.41) is 26.7. The number of benzene rings is 1. The third-order valence-electron chi connectivity index (χ3n) is 2.00. The van der Waals surface area contributed by atoms with Crippen molar-refractivity contribution in [3.63, 3.8) is 0 Å². The van der Waals surface area contributed by atoms with Crippen LogP contribution < -0.4 is 5.73 Å². The summed E-state index contributed by atoms with van der Waals surface area (Å²) >= 11 is 0. The van der Waals surface area contributed by atoms with Crippen LogP contribution in [0.4, 0.5) is 0 Å². The highest BCUT2D eigenvalue weighted by Gasteiger charge is 2.10. The second kappa shape index (κ2) is 4.61. The molecule has 74 valence electrons. The summed E-state index contributed by atoms with van der Waals surface area (Å²) < 4.78 is 0. The van der Waals surface area contributed by atoms with E-state index in [9.17, 15) is 5.11 Å². The van der Waals surface area contributed by atoms with Crippen molar-refractivity contribution in [2.45, 2.75) is 12.5 Å². The molecule has 0 radical (unpaired) electrons. The molecule has 4 heteroatoms. The molecule has 0 aliphatic heterocycles. The topological polar surface area (TPSA) is 90.3 Å². The summed E-state index contributed by atoms with van der Waals surface area (Å²) in [4.78, 5) is 0. The molecule has 0 spiro atoms. The lowest BCUT2D eigenvalue weighted by Gasteiger charge is -2.11. The van der Waals surface area contributed by atoms with Gasteiger partial charge in [-0.2, -0.15) is 5.26 Å². The average molecular weight is 192 g/mol. The molecule has 0 aliphatic rings. The lowest BCUT2D eigenvalue weighted by Crippen LogP contribution is -2.12. The molecule has 1 rings (SSSR count). The maximum Gasteiger partial charge on any atom is 0.121 e. The standard InChI is InChI=1S/C10H12N2O2/c11-6-7-1-2-8(10(14)5-7)9(12)3-4-13/h1-2,5,9,13-14H,3-4,12H2/t9-/m1/s1. The van der Waals surface area contributed by atoms with Gasteiger partial charge in [0.15, 0.2) is 0 Å². The Bertz CT molecular complexity index is 358. The highest BCUT2D eigenvalue weighted by Crippen LogP contribution is 2.25. The summed E-state index contributed by atoms with van der Waals surface area (Å²) in [5.41, 5.74) is 6.64. The van der Waals surface area contributed by atoms with Crippen molar-refractivity contribution in [2.75, 3.05) is 6.61 Å². The first-order valence-electron chi connectivity index (χ1n) is 4.28. The molecule has 4 nitrogen and oxygen atoms in total. The molecule has 0 saturated heterocycles. The summed E-state index contributed by atoms with van der Waals surface area (Å²) in [6.07, 6.45) is 0.388. The van der Waals surface area contributed by atoms with Crippen LogP contribution in [0.3, 0.4) is 0 Å². The van der Waals surface area contributed by atoms with E-state index in [2.05, 4.69) is 0 Å². The number of nitrogens with zero attached hydrogens (tertiary/aromatic N) is 1. The molecule has 1 aromatic rings. The highest BCUT2D eigenvalue weighted by molar-refractivity contribution is 5.42. The predicted molar refractivity (Wildman–Crippen MR) is 51.5 cm³/mol. The molecule has 14 heavy (non-hydrogen) atoms. The molecular weight excluding hydrogens is 180 g/mol. The van der Waals surface area contributed by atoms with Crippen molar-refractivity contribution in [1.82, 2.24) is 0 Å². The summed E-state index contributed by atoms with van der Waals surface area (Å²) in [7, 11) is 0. The van der Waals surface area contributed by atoms with Gasteiger partial charge in [-0.3, -0.25) is 0 Å². The number of phenolic OH excluding ortho intramolecular Hbond substituents is 1. The molecule has 0 amide bonds. The molecule has 1 aromatic carbocycles. The van der Waals surface area contributed by atoms with E-state index in [4.69, 9.17) is 16.1 Å². The number of hydrogen-bond acceptors (Lipinski definition) is 4.